The van der Waals surface area contributed by atoms with E-state index in [4.69, 9.17) is 9.40 Å². The SMILES string of the molecule is CSc1nc2cccnc2n1C1CCN(C(=O)C2CCN(Cc3ccoc3)CC2)CC1. The van der Waals surface area contributed by atoms with Gasteiger partial charge in [0.25, 0.3) is 0 Å². The van der Waals surface area contributed by atoms with Gasteiger partial charge in [0.15, 0.2) is 10.8 Å². The molecule has 2 aliphatic rings. The molecule has 0 N–H and O–H groups in total. The van der Waals surface area contributed by atoms with Crippen molar-refractivity contribution in [2.24, 2.45) is 5.92 Å². The fraction of sp³-hybridized carbons (Fsp3) is 0.522. The number of pyridine rings is 1. The van der Waals surface area contributed by atoms with Crippen molar-refractivity contribution in [3.05, 3.63) is 42.5 Å². The average Bonchev–Trinajstić information content (AvgIpc) is 3.46. The van der Waals surface area contributed by atoms with E-state index in [1.165, 1.54) is 5.56 Å². The van der Waals surface area contributed by atoms with E-state index in [1.807, 2.05) is 30.7 Å². The Kier molecular flexibility index (Phi) is 6.00. The van der Waals surface area contributed by atoms with E-state index in [-0.39, 0.29) is 5.92 Å². The minimum absolute atomic E-state index is 0.162. The van der Waals surface area contributed by atoms with Gasteiger partial charge in [-0.05, 0) is 63.2 Å². The monoisotopic (exact) mass is 439 g/mol. The third-order valence-corrected chi connectivity index (χ3v) is 7.32. The number of hydrogen-bond acceptors (Lipinski definition) is 6. The molecular formula is C23H29N5O2S. The van der Waals surface area contributed by atoms with Crippen molar-refractivity contribution in [3.8, 4) is 0 Å². The number of carbonyl (C=O) groups excluding carboxylic acids is 1. The van der Waals surface area contributed by atoms with Gasteiger partial charge in [0.2, 0.25) is 5.91 Å². The number of furan rings is 1. The van der Waals surface area contributed by atoms with E-state index in [2.05, 4.69) is 25.6 Å². The van der Waals surface area contributed by atoms with Gasteiger partial charge in [-0.25, -0.2) is 9.97 Å². The second-order valence-electron chi connectivity index (χ2n) is 8.55. The lowest BCUT2D eigenvalue weighted by atomic mass is 9.93. The zero-order chi connectivity index (χ0) is 21.2. The quantitative estimate of drug-likeness (QED) is 0.563. The van der Waals surface area contributed by atoms with Crippen molar-refractivity contribution in [1.82, 2.24) is 24.3 Å². The van der Waals surface area contributed by atoms with Gasteiger partial charge in [-0.15, -0.1) is 0 Å². The fourth-order valence-electron chi connectivity index (χ4n) is 4.96. The summed E-state index contributed by atoms with van der Waals surface area (Å²) in [7, 11) is 0. The molecule has 3 aromatic heterocycles. The number of thioether (sulfide) groups is 1. The van der Waals surface area contributed by atoms with E-state index >= 15 is 0 Å². The van der Waals surface area contributed by atoms with Crippen LogP contribution in [-0.2, 0) is 11.3 Å². The first kappa shape index (κ1) is 20.6. The maximum Gasteiger partial charge on any atom is 0.225 e. The Bertz CT molecular complexity index is 1020. The van der Waals surface area contributed by atoms with Crippen LogP contribution in [0.15, 0.2) is 46.5 Å². The smallest absolute Gasteiger partial charge is 0.225 e. The number of likely N-dealkylation sites (tertiary alicyclic amines) is 2. The molecule has 3 aromatic rings. The van der Waals surface area contributed by atoms with Crippen LogP contribution in [0.4, 0.5) is 0 Å². The number of nitrogens with zero attached hydrogens (tertiary/aromatic N) is 5. The van der Waals surface area contributed by atoms with Crippen molar-refractivity contribution in [2.75, 3.05) is 32.4 Å². The molecule has 2 saturated heterocycles. The Morgan fingerprint density at radius 3 is 2.68 bits per heavy atom. The maximum atomic E-state index is 13.2. The number of aromatic nitrogens is 3. The molecule has 31 heavy (non-hydrogen) atoms. The lowest BCUT2D eigenvalue weighted by Crippen LogP contribution is -2.45. The topological polar surface area (TPSA) is 67.4 Å². The zero-order valence-corrected chi connectivity index (χ0v) is 18.8. The highest BCUT2D eigenvalue weighted by atomic mass is 32.2. The van der Waals surface area contributed by atoms with E-state index < -0.39 is 0 Å². The molecule has 2 aliphatic heterocycles. The molecule has 7 nitrogen and oxygen atoms in total. The van der Waals surface area contributed by atoms with Crippen molar-refractivity contribution >= 4 is 28.8 Å². The van der Waals surface area contributed by atoms with Gasteiger partial charge in [-0.1, -0.05) is 11.8 Å². The van der Waals surface area contributed by atoms with Crippen LogP contribution in [-0.4, -0.2) is 62.7 Å². The van der Waals surface area contributed by atoms with Gasteiger partial charge in [0.05, 0.1) is 12.5 Å². The van der Waals surface area contributed by atoms with Gasteiger partial charge < -0.3 is 13.9 Å². The predicted molar refractivity (Wildman–Crippen MR) is 121 cm³/mol. The number of hydrogen-bond donors (Lipinski definition) is 0. The van der Waals surface area contributed by atoms with Gasteiger partial charge >= 0.3 is 0 Å². The Morgan fingerprint density at radius 2 is 1.97 bits per heavy atom. The lowest BCUT2D eigenvalue weighted by Gasteiger charge is -2.37. The Balaban J connectivity index is 1.17. The van der Waals surface area contributed by atoms with Crippen LogP contribution >= 0.6 is 11.8 Å². The van der Waals surface area contributed by atoms with Gasteiger partial charge in [0.1, 0.15) is 5.52 Å². The summed E-state index contributed by atoms with van der Waals surface area (Å²) in [5, 5.41) is 1.02. The van der Waals surface area contributed by atoms with E-state index in [0.29, 0.717) is 11.9 Å². The lowest BCUT2D eigenvalue weighted by molar-refractivity contribution is -0.138. The number of imidazole rings is 1. The number of fused-ring (bicyclic) bond motifs is 1. The molecule has 8 heteroatoms. The summed E-state index contributed by atoms with van der Waals surface area (Å²) >= 11 is 1.67. The number of piperidine rings is 2. The molecule has 0 saturated carbocycles. The minimum Gasteiger partial charge on any atom is -0.472 e. The first-order valence-corrected chi connectivity index (χ1v) is 12.3. The molecular weight excluding hydrogens is 410 g/mol. The normalized spacial score (nSPS) is 19.3. The van der Waals surface area contributed by atoms with E-state index in [0.717, 1.165) is 74.7 Å². The van der Waals surface area contributed by atoms with Crippen LogP contribution in [0.1, 0.15) is 37.3 Å². The van der Waals surface area contributed by atoms with E-state index in [9.17, 15) is 4.79 Å². The van der Waals surface area contributed by atoms with Gasteiger partial charge in [0, 0.05) is 43.4 Å². The summed E-state index contributed by atoms with van der Waals surface area (Å²) in [5.74, 6) is 0.509. The van der Waals surface area contributed by atoms with Crippen LogP contribution in [0.5, 0.6) is 0 Å². The van der Waals surface area contributed by atoms with Gasteiger partial charge in [-0.3, -0.25) is 9.69 Å². The van der Waals surface area contributed by atoms with Crippen LogP contribution < -0.4 is 0 Å². The van der Waals surface area contributed by atoms with Crippen LogP contribution in [0.3, 0.4) is 0 Å². The summed E-state index contributed by atoms with van der Waals surface area (Å²) in [6.07, 6.45) is 11.2. The summed E-state index contributed by atoms with van der Waals surface area (Å²) < 4.78 is 7.46. The molecule has 5 heterocycles. The van der Waals surface area contributed by atoms with E-state index in [1.54, 1.807) is 18.0 Å². The van der Waals surface area contributed by atoms with Crippen molar-refractivity contribution < 1.29 is 9.21 Å². The third-order valence-electron chi connectivity index (χ3n) is 6.66. The fourth-order valence-corrected chi connectivity index (χ4v) is 5.59. The first-order chi connectivity index (χ1) is 15.2. The highest BCUT2D eigenvalue weighted by Gasteiger charge is 2.32. The van der Waals surface area contributed by atoms with Crippen LogP contribution in [0, 0.1) is 5.92 Å². The first-order valence-electron chi connectivity index (χ1n) is 11.1. The predicted octanol–water partition coefficient (Wildman–Crippen LogP) is 3.82. The highest BCUT2D eigenvalue weighted by Crippen LogP contribution is 2.32. The molecule has 0 atom stereocenters. The molecule has 164 valence electrons. The molecule has 5 rings (SSSR count). The van der Waals surface area contributed by atoms with Crippen molar-refractivity contribution in [1.29, 1.82) is 0 Å². The third kappa shape index (κ3) is 4.23. The number of carbonyl (C=O) groups is 1. The summed E-state index contributed by atoms with van der Waals surface area (Å²) in [5.41, 5.74) is 3.12. The number of amides is 1. The summed E-state index contributed by atoms with van der Waals surface area (Å²) in [6.45, 7) is 4.50. The summed E-state index contributed by atoms with van der Waals surface area (Å²) in [6, 6.07) is 6.33. The molecule has 0 aromatic carbocycles. The summed E-state index contributed by atoms with van der Waals surface area (Å²) in [4.78, 5) is 27.0. The molecule has 0 aliphatic carbocycles. The Morgan fingerprint density at radius 1 is 1.16 bits per heavy atom. The molecule has 0 bridgehead atoms. The standard InChI is InChI=1S/C23H29N5O2S/c1-31-23-25-20-3-2-9-24-21(20)28(23)19-6-12-27(13-7-19)22(29)18-4-10-26(11-5-18)15-17-8-14-30-16-17/h2-3,8-9,14,16,18-19H,4-7,10-13,15H2,1H3. The maximum absolute atomic E-state index is 13.2. The van der Waals surface area contributed by atoms with Crippen molar-refractivity contribution in [2.45, 2.75) is 43.4 Å². The van der Waals surface area contributed by atoms with Crippen LogP contribution in [0.2, 0.25) is 0 Å². The highest BCUT2D eigenvalue weighted by molar-refractivity contribution is 7.98. The second-order valence-corrected chi connectivity index (χ2v) is 9.33. The molecule has 2 fully saturated rings. The zero-order valence-electron chi connectivity index (χ0n) is 17.9. The largest absolute Gasteiger partial charge is 0.472 e. The van der Waals surface area contributed by atoms with Crippen LogP contribution in [0.25, 0.3) is 11.2 Å². The molecule has 0 unspecified atom stereocenters. The molecule has 0 spiro atoms. The minimum atomic E-state index is 0.162. The number of rotatable bonds is 5. The average molecular weight is 440 g/mol. The van der Waals surface area contributed by atoms with Gasteiger partial charge in [-0.2, -0.15) is 0 Å². The molecule has 0 radical (unpaired) electrons. The molecule has 1 amide bonds. The van der Waals surface area contributed by atoms with Crippen molar-refractivity contribution in [3.63, 3.8) is 0 Å². The Labute approximate surface area is 186 Å². The second kappa shape index (κ2) is 9.04. The Hall–Kier alpha value is -2.32.